The maximum Gasteiger partial charge on any atom is 0.209 e. The van der Waals surface area contributed by atoms with Crippen molar-refractivity contribution < 1.29 is 13.2 Å². The molecule has 0 heterocycles. The topological polar surface area (TPSA) is 91.8 Å². The maximum atomic E-state index is 11.4. The fraction of sp³-hybridized carbons (Fsp3) is 0.588. The van der Waals surface area contributed by atoms with E-state index in [2.05, 4.69) is 26.4 Å². The zero-order chi connectivity index (χ0) is 19.3. The highest BCUT2D eigenvalue weighted by atomic mass is 127. The maximum absolute atomic E-state index is 11.4. The lowest BCUT2D eigenvalue weighted by Gasteiger charge is -2.27. The van der Waals surface area contributed by atoms with Gasteiger partial charge in [-0.15, -0.1) is 24.0 Å². The van der Waals surface area contributed by atoms with Crippen LogP contribution < -0.4 is 20.1 Å². The average molecular weight is 498 g/mol. The number of aryl methyl sites for hydroxylation is 1. The van der Waals surface area contributed by atoms with Crippen molar-refractivity contribution in [3.05, 3.63) is 29.3 Å². The van der Waals surface area contributed by atoms with Crippen LogP contribution in [0.1, 0.15) is 37.9 Å². The third-order valence-electron chi connectivity index (χ3n) is 3.59. The lowest BCUT2D eigenvalue weighted by Crippen LogP contribution is -2.53. The Morgan fingerprint density at radius 3 is 2.46 bits per heavy atom. The normalized spacial score (nSPS) is 13.6. The SMILES string of the molecule is CN=C(NCC(C)(C)NS(C)(=O)=O)NC(C)c1cc(C)ccc1OC.I. The Kier molecular flexibility index (Phi) is 9.89. The summed E-state index contributed by atoms with van der Waals surface area (Å²) in [4.78, 5) is 4.21. The number of sulfonamides is 1. The summed E-state index contributed by atoms with van der Waals surface area (Å²) in [5, 5.41) is 6.46. The number of nitrogens with one attached hydrogen (secondary N) is 3. The van der Waals surface area contributed by atoms with Gasteiger partial charge in [0.1, 0.15) is 5.75 Å². The van der Waals surface area contributed by atoms with E-state index in [0.717, 1.165) is 23.1 Å². The molecule has 0 bridgehead atoms. The highest BCUT2D eigenvalue weighted by Crippen LogP contribution is 2.25. The predicted molar refractivity (Wildman–Crippen MR) is 118 cm³/mol. The largest absolute Gasteiger partial charge is 0.496 e. The Labute approximate surface area is 174 Å². The number of nitrogens with zero attached hydrogens (tertiary/aromatic N) is 1. The second-order valence-electron chi connectivity index (χ2n) is 6.80. The highest BCUT2D eigenvalue weighted by molar-refractivity contribution is 14.0. The molecule has 0 amide bonds. The standard InChI is InChI=1S/C17H30N4O3S.HI/c1-12-8-9-15(24-6)14(10-12)13(2)20-16(18-5)19-11-17(3,4)21-25(7,22)23;/h8-10,13,21H,11H2,1-7H3,(H2,18,19,20);1H. The smallest absolute Gasteiger partial charge is 0.209 e. The van der Waals surface area contributed by atoms with Crippen molar-refractivity contribution in [3.8, 4) is 5.75 Å². The molecule has 3 N–H and O–H groups in total. The van der Waals surface area contributed by atoms with Crippen LogP contribution in [0.5, 0.6) is 5.75 Å². The van der Waals surface area contributed by atoms with Crippen LogP contribution in [0, 0.1) is 6.92 Å². The molecular weight excluding hydrogens is 467 g/mol. The van der Waals surface area contributed by atoms with Crippen LogP contribution >= 0.6 is 24.0 Å². The Morgan fingerprint density at radius 1 is 1.35 bits per heavy atom. The van der Waals surface area contributed by atoms with Gasteiger partial charge in [-0.2, -0.15) is 0 Å². The molecule has 26 heavy (non-hydrogen) atoms. The molecule has 1 rings (SSSR count). The van der Waals surface area contributed by atoms with E-state index in [1.54, 1.807) is 28.0 Å². The zero-order valence-corrected chi connectivity index (χ0v) is 19.7. The van der Waals surface area contributed by atoms with E-state index in [9.17, 15) is 8.42 Å². The van der Waals surface area contributed by atoms with Gasteiger partial charge in [0.25, 0.3) is 0 Å². The molecule has 0 aliphatic heterocycles. The van der Waals surface area contributed by atoms with Crippen molar-refractivity contribution in [2.24, 2.45) is 4.99 Å². The van der Waals surface area contributed by atoms with Crippen molar-refractivity contribution in [2.75, 3.05) is 27.0 Å². The fourth-order valence-electron chi connectivity index (χ4n) is 2.51. The number of hydrogen-bond donors (Lipinski definition) is 3. The molecule has 7 nitrogen and oxygen atoms in total. The molecule has 9 heteroatoms. The van der Waals surface area contributed by atoms with Gasteiger partial charge in [0.05, 0.1) is 19.4 Å². The number of benzene rings is 1. The van der Waals surface area contributed by atoms with E-state index in [1.165, 1.54) is 0 Å². The van der Waals surface area contributed by atoms with Gasteiger partial charge < -0.3 is 15.4 Å². The minimum Gasteiger partial charge on any atom is -0.496 e. The van der Waals surface area contributed by atoms with Gasteiger partial charge in [0, 0.05) is 24.7 Å². The van der Waals surface area contributed by atoms with Crippen LogP contribution in [0.3, 0.4) is 0 Å². The summed E-state index contributed by atoms with van der Waals surface area (Å²) in [6.45, 7) is 8.05. The quantitative estimate of drug-likeness (QED) is 0.305. The van der Waals surface area contributed by atoms with E-state index in [0.29, 0.717) is 12.5 Å². The summed E-state index contributed by atoms with van der Waals surface area (Å²) in [6.07, 6.45) is 1.15. The van der Waals surface area contributed by atoms with E-state index in [4.69, 9.17) is 4.74 Å². The Morgan fingerprint density at radius 2 is 1.96 bits per heavy atom. The first-order chi connectivity index (χ1) is 11.5. The fourth-order valence-corrected chi connectivity index (χ4v) is 3.59. The van der Waals surface area contributed by atoms with Gasteiger partial charge in [-0.05, 0) is 33.8 Å². The van der Waals surface area contributed by atoms with Gasteiger partial charge in [0.2, 0.25) is 10.0 Å². The molecule has 1 aromatic rings. The van der Waals surface area contributed by atoms with Gasteiger partial charge in [-0.3, -0.25) is 4.99 Å². The summed E-state index contributed by atoms with van der Waals surface area (Å²) in [5.74, 6) is 1.39. The molecular formula is C17H31IN4O3S. The van der Waals surface area contributed by atoms with Crippen LogP contribution in [-0.4, -0.2) is 46.9 Å². The second-order valence-corrected chi connectivity index (χ2v) is 8.54. The summed E-state index contributed by atoms with van der Waals surface area (Å²) < 4.78 is 30.9. The van der Waals surface area contributed by atoms with Crippen LogP contribution in [0.15, 0.2) is 23.2 Å². The number of hydrogen-bond acceptors (Lipinski definition) is 4. The zero-order valence-electron chi connectivity index (χ0n) is 16.5. The minimum atomic E-state index is -3.28. The molecule has 1 aromatic carbocycles. The third kappa shape index (κ3) is 8.54. The van der Waals surface area contributed by atoms with Crippen LogP contribution in [0.2, 0.25) is 0 Å². The highest BCUT2D eigenvalue weighted by Gasteiger charge is 2.23. The molecule has 0 fully saturated rings. The Bertz CT molecular complexity index is 721. The van der Waals surface area contributed by atoms with Gasteiger partial charge >= 0.3 is 0 Å². The first kappa shape index (κ1) is 24.9. The number of aliphatic imine (C=N–C) groups is 1. The summed E-state index contributed by atoms with van der Waals surface area (Å²) in [5.41, 5.74) is 1.53. The number of ether oxygens (including phenoxy) is 1. The summed E-state index contributed by atoms with van der Waals surface area (Å²) >= 11 is 0. The lowest BCUT2D eigenvalue weighted by molar-refractivity contribution is 0.404. The van der Waals surface area contributed by atoms with Gasteiger partial charge in [-0.25, -0.2) is 13.1 Å². The van der Waals surface area contributed by atoms with Crippen molar-refractivity contribution in [1.29, 1.82) is 0 Å². The van der Waals surface area contributed by atoms with E-state index in [1.807, 2.05) is 26.0 Å². The van der Waals surface area contributed by atoms with Gasteiger partial charge in [-0.1, -0.05) is 17.7 Å². The molecule has 1 unspecified atom stereocenters. The Balaban J connectivity index is 0.00000625. The molecule has 0 saturated carbocycles. The average Bonchev–Trinajstić information content (AvgIpc) is 2.48. The van der Waals surface area contributed by atoms with Gasteiger partial charge in [0.15, 0.2) is 5.96 Å². The van der Waals surface area contributed by atoms with E-state index in [-0.39, 0.29) is 30.0 Å². The van der Waals surface area contributed by atoms with Crippen molar-refractivity contribution in [1.82, 2.24) is 15.4 Å². The molecule has 150 valence electrons. The van der Waals surface area contributed by atoms with Crippen LogP contribution in [0.25, 0.3) is 0 Å². The molecule has 0 spiro atoms. The first-order valence-corrected chi connectivity index (χ1v) is 9.97. The lowest BCUT2D eigenvalue weighted by atomic mass is 10.0. The first-order valence-electron chi connectivity index (χ1n) is 8.08. The number of guanidine groups is 1. The number of methoxy groups -OCH3 is 1. The summed E-state index contributed by atoms with van der Waals surface area (Å²) in [7, 11) is 0.0363. The van der Waals surface area contributed by atoms with Crippen LogP contribution in [-0.2, 0) is 10.0 Å². The molecule has 0 radical (unpaired) electrons. The molecule has 0 aliphatic rings. The molecule has 0 saturated heterocycles. The van der Waals surface area contributed by atoms with Crippen molar-refractivity contribution in [2.45, 2.75) is 39.3 Å². The number of rotatable bonds is 7. The molecule has 0 aliphatic carbocycles. The summed E-state index contributed by atoms with van der Waals surface area (Å²) in [6, 6.07) is 5.98. The predicted octanol–water partition coefficient (Wildman–Crippen LogP) is 2.18. The van der Waals surface area contributed by atoms with E-state index < -0.39 is 15.6 Å². The molecule has 1 atom stereocenters. The van der Waals surface area contributed by atoms with Crippen molar-refractivity contribution >= 4 is 40.0 Å². The van der Waals surface area contributed by atoms with E-state index >= 15 is 0 Å². The third-order valence-corrected chi connectivity index (χ3v) is 4.51. The molecule has 0 aromatic heterocycles. The minimum absolute atomic E-state index is 0. The Hall–Kier alpha value is -1.07. The van der Waals surface area contributed by atoms with Crippen molar-refractivity contribution in [3.63, 3.8) is 0 Å². The monoisotopic (exact) mass is 498 g/mol. The number of halogens is 1. The van der Waals surface area contributed by atoms with Crippen LogP contribution in [0.4, 0.5) is 0 Å². The second kappa shape index (κ2) is 10.3.